The highest BCUT2D eigenvalue weighted by Crippen LogP contribution is 2.29. The molecule has 0 saturated carbocycles. The van der Waals surface area contributed by atoms with Gasteiger partial charge < -0.3 is 9.84 Å². The topological polar surface area (TPSA) is 53.5 Å². The van der Waals surface area contributed by atoms with Crippen molar-refractivity contribution in [2.24, 2.45) is 5.92 Å². The molecule has 1 aromatic carbocycles. The molecule has 4 nitrogen and oxygen atoms in total. The molecule has 1 heterocycles. The maximum absolute atomic E-state index is 9.22. The summed E-state index contributed by atoms with van der Waals surface area (Å²) in [5.74, 6) is 1.25. The number of hydrogen-bond acceptors (Lipinski definition) is 4. The van der Waals surface area contributed by atoms with Crippen LogP contribution in [-0.4, -0.2) is 23.9 Å². The summed E-state index contributed by atoms with van der Waals surface area (Å²) in [5.41, 5.74) is 7.56. The first kappa shape index (κ1) is 13.3. The number of benzene rings is 1. The molecule has 0 radical (unpaired) electrons. The van der Waals surface area contributed by atoms with Gasteiger partial charge in [-0.3, -0.25) is 5.43 Å². The van der Waals surface area contributed by atoms with Crippen molar-refractivity contribution in [1.82, 2.24) is 10.9 Å². The molecule has 1 aromatic rings. The standard InChI is InChI=1S/C14H22N2O2/c1-9(2)18-12-6-4-11(5-7-12)14-10(3)13(8-17)15-16-14/h4-7,9-10,13-17H,8H2,1-3H3. The van der Waals surface area contributed by atoms with Crippen LogP contribution >= 0.6 is 0 Å². The van der Waals surface area contributed by atoms with Crippen molar-refractivity contribution < 1.29 is 9.84 Å². The lowest BCUT2D eigenvalue weighted by atomic mass is 9.91. The second-order valence-corrected chi connectivity index (χ2v) is 5.15. The van der Waals surface area contributed by atoms with E-state index in [0.29, 0.717) is 5.92 Å². The highest BCUT2D eigenvalue weighted by molar-refractivity contribution is 5.30. The van der Waals surface area contributed by atoms with Crippen LogP contribution in [0.3, 0.4) is 0 Å². The minimum Gasteiger partial charge on any atom is -0.491 e. The number of aliphatic hydroxyl groups excluding tert-OH is 1. The smallest absolute Gasteiger partial charge is 0.119 e. The monoisotopic (exact) mass is 250 g/mol. The van der Waals surface area contributed by atoms with Crippen LogP contribution in [0, 0.1) is 5.92 Å². The second kappa shape index (κ2) is 5.69. The molecule has 1 aliphatic heterocycles. The molecule has 4 heteroatoms. The number of nitrogens with one attached hydrogen (secondary N) is 2. The fourth-order valence-electron chi connectivity index (χ4n) is 2.32. The van der Waals surface area contributed by atoms with Crippen molar-refractivity contribution in [3.05, 3.63) is 29.8 Å². The molecule has 3 atom stereocenters. The van der Waals surface area contributed by atoms with Crippen LogP contribution in [-0.2, 0) is 0 Å². The summed E-state index contributed by atoms with van der Waals surface area (Å²) in [6, 6.07) is 8.49. The SMILES string of the molecule is CC(C)Oc1ccc(C2NNC(CO)C2C)cc1. The third kappa shape index (κ3) is 2.83. The Morgan fingerprint density at radius 1 is 1.22 bits per heavy atom. The van der Waals surface area contributed by atoms with E-state index in [1.54, 1.807) is 0 Å². The number of hydrazine groups is 1. The van der Waals surface area contributed by atoms with Gasteiger partial charge in [0, 0.05) is 6.04 Å². The summed E-state index contributed by atoms with van der Waals surface area (Å²) >= 11 is 0. The third-order valence-corrected chi connectivity index (χ3v) is 3.39. The van der Waals surface area contributed by atoms with Gasteiger partial charge in [-0.2, -0.15) is 0 Å². The Morgan fingerprint density at radius 3 is 2.39 bits per heavy atom. The number of rotatable bonds is 4. The summed E-state index contributed by atoms with van der Waals surface area (Å²) in [6.45, 7) is 6.32. The molecule has 1 fully saturated rings. The van der Waals surface area contributed by atoms with Crippen molar-refractivity contribution in [2.45, 2.75) is 39.0 Å². The molecule has 3 N–H and O–H groups in total. The van der Waals surface area contributed by atoms with Crippen LogP contribution in [0.25, 0.3) is 0 Å². The molecule has 0 spiro atoms. The van der Waals surface area contributed by atoms with E-state index in [4.69, 9.17) is 4.74 Å². The molecule has 0 aromatic heterocycles. The molecule has 100 valence electrons. The lowest BCUT2D eigenvalue weighted by molar-refractivity contribution is 0.228. The predicted octanol–water partition coefficient (Wildman–Crippen LogP) is 1.62. The fraction of sp³-hybridized carbons (Fsp3) is 0.571. The van der Waals surface area contributed by atoms with E-state index in [1.807, 2.05) is 26.0 Å². The normalized spacial score (nSPS) is 27.7. The second-order valence-electron chi connectivity index (χ2n) is 5.15. The van der Waals surface area contributed by atoms with Crippen LogP contribution in [0.5, 0.6) is 5.75 Å². The van der Waals surface area contributed by atoms with Gasteiger partial charge in [-0.15, -0.1) is 0 Å². The molecule has 3 unspecified atom stereocenters. The number of ether oxygens (including phenoxy) is 1. The lowest BCUT2D eigenvalue weighted by Gasteiger charge is -2.18. The van der Waals surface area contributed by atoms with Gasteiger partial charge >= 0.3 is 0 Å². The highest BCUT2D eigenvalue weighted by Gasteiger charge is 2.32. The Labute approximate surface area is 108 Å². The predicted molar refractivity (Wildman–Crippen MR) is 71.3 cm³/mol. The lowest BCUT2D eigenvalue weighted by Crippen LogP contribution is -2.34. The Morgan fingerprint density at radius 2 is 1.89 bits per heavy atom. The largest absolute Gasteiger partial charge is 0.491 e. The van der Waals surface area contributed by atoms with Crippen molar-refractivity contribution in [3.63, 3.8) is 0 Å². The van der Waals surface area contributed by atoms with E-state index in [0.717, 1.165) is 5.75 Å². The van der Waals surface area contributed by atoms with Gasteiger partial charge in [-0.1, -0.05) is 19.1 Å². The Balaban J connectivity index is 2.06. The van der Waals surface area contributed by atoms with Gasteiger partial charge in [0.1, 0.15) is 5.75 Å². The Kier molecular flexibility index (Phi) is 4.22. The van der Waals surface area contributed by atoms with Gasteiger partial charge in [0.15, 0.2) is 0 Å². The van der Waals surface area contributed by atoms with Crippen LogP contribution < -0.4 is 15.6 Å². The van der Waals surface area contributed by atoms with Crippen molar-refractivity contribution in [2.75, 3.05) is 6.61 Å². The molecular weight excluding hydrogens is 228 g/mol. The van der Waals surface area contributed by atoms with Crippen LogP contribution in [0.15, 0.2) is 24.3 Å². The van der Waals surface area contributed by atoms with Gasteiger partial charge in [-0.05, 0) is 37.5 Å². The Bertz CT molecular complexity index is 378. The van der Waals surface area contributed by atoms with Crippen LogP contribution in [0.4, 0.5) is 0 Å². The molecule has 0 bridgehead atoms. The number of aliphatic hydroxyl groups is 1. The van der Waals surface area contributed by atoms with E-state index < -0.39 is 0 Å². The Hall–Kier alpha value is -1.10. The fourth-order valence-corrected chi connectivity index (χ4v) is 2.32. The molecular formula is C14H22N2O2. The summed E-state index contributed by atoms with van der Waals surface area (Å²) in [5, 5.41) is 9.22. The third-order valence-electron chi connectivity index (χ3n) is 3.39. The van der Waals surface area contributed by atoms with Gasteiger partial charge in [0.2, 0.25) is 0 Å². The molecule has 18 heavy (non-hydrogen) atoms. The molecule has 0 amide bonds. The highest BCUT2D eigenvalue weighted by atomic mass is 16.5. The zero-order chi connectivity index (χ0) is 13.1. The first-order valence-corrected chi connectivity index (χ1v) is 6.50. The first-order valence-electron chi connectivity index (χ1n) is 6.50. The van der Waals surface area contributed by atoms with Gasteiger partial charge in [0.05, 0.1) is 18.8 Å². The zero-order valence-corrected chi connectivity index (χ0v) is 11.2. The minimum absolute atomic E-state index is 0.113. The maximum Gasteiger partial charge on any atom is 0.119 e. The molecule has 0 aliphatic carbocycles. The maximum atomic E-state index is 9.22. The minimum atomic E-state index is 0.113. The average Bonchev–Trinajstić information content (AvgIpc) is 2.71. The van der Waals surface area contributed by atoms with Crippen molar-refractivity contribution in [3.8, 4) is 5.75 Å². The van der Waals surface area contributed by atoms with Crippen LogP contribution in [0.2, 0.25) is 0 Å². The number of hydrogen-bond donors (Lipinski definition) is 3. The van der Waals surface area contributed by atoms with E-state index in [2.05, 4.69) is 29.9 Å². The van der Waals surface area contributed by atoms with Gasteiger partial charge in [-0.25, -0.2) is 5.43 Å². The average molecular weight is 250 g/mol. The summed E-state index contributed by atoms with van der Waals surface area (Å²) in [7, 11) is 0. The van der Waals surface area contributed by atoms with Crippen molar-refractivity contribution in [1.29, 1.82) is 0 Å². The van der Waals surface area contributed by atoms with E-state index in [1.165, 1.54) is 5.56 Å². The summed E-state index contributed by atoms with van der Waals surface area (Å²) < 4.78 is 5.62. The van der Waals surface area contributed by atoms with E-state index >= 15 is 0 Å². The zero-order valence-electron chi connectivity index (χ0n) is 11.2. The molecule has 2 rings (SSSR count). The first-order chi connectivity index (χ1) is 8.61. The van der Waals surface area contributed by atoms with Crippen LogP contribution in [0.1, 0.15) is 32.4 Å². The molecule has 1 saturated heterocycles. The summed E-state index contributed by atoms with van der Waals surface area (Å²) in [6.07, 6.45) is 0.194. The quantitative estimate of drug-likeness (QED) is 0.760. The van der Waals surface area contributed by atoms with E-state index in [-0.39, 0.29) is 24.8 Å². The van der Waals surface area contributed by atoms with E-state index in [9.17, 15) is 5.11 Å². The van der Waals surface area contributed by atoms with Crippen molar-refractivity contribution >= 4 is 0 Å². The van der Waals surface area contributed by atoms with Gasteiger partial charge in [0.25, 0.3) is 0 Å². The summed E-state index contributed by atoms with van der Waals surface area (Å²) in [4.78, 5) is 0. The molecule has 1 aliphatic rings.